The Morgan fingerprint density at radius 1 is 1.44 bits per heavy atom. The van der Waals surface area contributed by atoms with Crippen molar-refractivity contribution < 1.29 is 18.9 Å². The second-order valence-electron chi connectivity index (χ2n) is 4.38. The fourth-order valence-corrected chi connectivity index (χ4v) is 2.14. The lowest BCUT2D eigenvalue weighted by Gasteiger charge is -2.20. The zero-order valence-electron chi connectivity index (χ0n) is 10.6. The summed E-state index contributed by atoms with van der Waals surface area (Å²) in [5.41, 5.74) is 0. The monoisotopic (exact) mass is 276 g/mol. The summed E-state index contributed by atoms with van der Waals surface area (Å²) in [5.74, 6) is 0.409. The first-order chi connectivity index (χ1) is 8.52. The highest BCUT2D eigenvalue weighted by atomic mass is 32.2. The molecular formula is C11H20N2O4S. The third kappa shape index (κ3) is 6.00. The molecule has 1 unspecified atom stereocenters. The molecule has 1 rings (SSSR count). The van der Waals surface area contributed by atoms with Crippen LogP contribution in [-0.4, -0.2) is 57.4 Å². The van der Waals surface area contributed by atoms with Gasteiger partial charge in [-0.05, 0) is 18.8 Å². The molecule has 104 valence electrons. The number of carboxylic acid groups (broad SMARTS) is 1. The van der Waals surface area contributed by atoms with E-state index >= 15 is 0 Å². The van der Waals surface area contributed by atoms with Crippen LogP contribution in [0.5, 0.6) is 0 Å². The van der Waals surface area contributed by atoms with Crippen molar-refractivity contribution in [1.29, 1.82) is 0 Å². The Morgan fingerprint density at radius 2 is 2.11 bits per heavy atom. The van der Waals surface area contributed by atoms with E-state index in [1.54, 1.807) is 0 Å². The largest absolute Gasteiger partial charge is 0.480 e. The molecule has 0 aromatic carbocycles. The van der Waals surface area contributed by atoms with Gasteiger partial charge in [0.15, 0.2) is 0 Å². The summed E-state index contributed by atoms with van der Waals surface area (Å²) in [4.78, 5) is 23.8. The lowest BCUT2D eigenvalue weighted by Crippen LogP contribution is -2.44. The van der Waals surface area contributed by atoms with Crippen molar-refractivity contribution in [3.63, 3.8) is 0 Å². The maximum absolute atomic E-state index is 11.8. The van der Waals surface area contributed by atoms with Crippen molar-refractivity contribution in [2.75, 3.05) is 31.1 Å². The number of rotatable bonds is 8. The summed E-state index contributed by atoms with van der Waals surface area (Å²) in [7, 11) is -0.915. The molecule has 1 aliphatic rings. The lowest BCUT2D eigenvalue weighted by molar-refractivity contribution is -0.137. The van der Waals surface area contributed by atoms with E-state index in [-0.39, 0.29) is 12.6 Å². The lowest BCUT2D eigenvalue weighted by atomic mass is 10.3. The average molecular weight is 276 g/mol. The van der Waals surface area contributed by atoms with Crippen LogP contribution in [0.25, 0.3) is 0 Å². The zero-order chi connectivity index (χ0) is 13.5. The molecule has 0 bridgehead atoms. The first kappa shape index (κ1) is 14.9. The third-order valence-electron chi connectivity index (χ3n) is 2.72. The molecule has 1 atom stereocenters. The second kappa shape index (κ2) is 7.35. The van der Waals surface area contributed by atoms with Gasteiger partial charge in [-0.2, -0.15) is 0 Å². The highest BCUT2D eigenvalue weighted by Gasteiger charge is 2.27. The first-order valence-electron chi connectivity index (χ1n) is 6.12. The molecule has 2 amide bonds. The smallest absolute Gasteiger partial charge is 0.323 e. The molecule has 0 saturated heterocycles. The molecule has 18 heavy (non-hydrogen) atoms. The van der Waals surface area contributed by atoms with Gasteiger partial charge in [-0.1, -0.05) is 6.92 Å². The molecule has 6 nitrogen and oxygen atoms in total. The SMILES string of the molecule is CCS(=O)CCNC(=O)N(CC(=O)O)CC1CC1. The molecule has 1 fully saturated rings. The first-order valence-corrected chi connectivity index (χ1v) is 7.61. The number of amides is 2. The van der Waals surface area contributed by atoms with Gasteiger partial charge in [0, 0.05) is 35.4 Å². The number of carbonyl (C=O) groups excluding carboxylic acids is 1. The number of urea groups is 1. The summed E-state index contributed by atoms with van der Waals surface area (Å²) in [6, 6.07) is -0.377. The van der Waals surface area contributed by atoms with Gasteiger partial charge >= 0.3 is 12.0 Å². The quantitative estimate of drug-likeness (QED) is 0.666. The van der Waals surface area contributed by atoms with Crippen LogP contribution in [0, 0.1) is 5.92 Å². The molecule has 0 aliphatic heterocycles. The second-order valence-corrected chi connectivity index (χ2v) is 6.25. The van der Waals surface area contributed by atoms with E-state index in [2.05, 4.69) is 5.32 Å². The molecule has 0 radical (unpaired) electrons. The number of carbonyl (C=O) groups is 2. The van der Waals surface area contributed by atoms with Crippen LogP contribution in [0.2, 0.25) is 0 Å². The summed E-state index contributed by atoms with van der Waals surface area (Å²) < 4.78 is 11.2. The number of hydrogen-bond acceptors (Lipinski definition) is 3. The van der Waals surface area contributed by atoms with E-state index in [0.29, 0.717) is 30.5 Å². The van der Waals surface area contributed by atoms with Gasteiger partial charge in [0.2, 0.25) is 0 Å². The third-order valence-corrected chi connectivity index (χ3v) is 4.02. The predicted molar refractivity (Wildman–Crippen MR) is 68.9 cm³/mol. The van der Waals surface area contributed by atoms with E-state index in [1.165, 1.54) is 4.90 Å². The van der Waals surface area contributed by atoms with Crippen molar-refractivity contribution in [2.45, 2.75) is 19.8 Å². The molecule has 2 N–H and O–H groups in total. The van der Waals surface area contributed by atoms with Crippen LogP contribution in [0.3, 0.4) is 0 Å². The normalized spacial score (nSPS) is 16.1. The van der Waals surface area contributed by atoms with E-state index in [4.69, 9.17) is 5.11 Å². The molecular weight excluding hydrogens is 256 g/mol. The summed E-state index contributed by atoms with van der Waals surface area (Å²) in [5, 5.41) is 11.4. The molecule has 0 aromatic rings. The zero-order valence-corrected chi connectivity index (χ0v) is 11.4. The summed E-state index contributed by atoms with van der Waals surface area (Å²) >= 11 is 0. The van der Waals surface area contributed by atoms with Crippen molar-refractivity contribution in [2.24, 2.45) is 5.92 Å². The molecule has 1 aliphatic carbocycles. The molecule has 0 heterocycles. The van der Waals surface area contributed by atoms with Gasteiger partial charge in [0.25, 0.3) is 0 Å². The van der Waals surface area contributed by atoms with Crippen molar-refractivity contribution in [3.05, 3.63) is 0 Å². The Bertz CT molecular complexity index is 331. The Hall–Kier alpha value is -1.11. The Labute approximate surface area is 109 Å². The van der Waals surface area contributed by atoms with E-state index in [9.17, 15) is 13.8 Å². The number of nitrogens with one attached hydrogen (secondary N) is 1. The standard InChI is InChI=1S/C11H20N2O4S/c1-2-18(17)6-5-12-11(16)13(8-10(14)15)7-9-3-4-9/h9H,2-8H2,1H3,(H,12,16)(H,14,15). The Balaban J connectivity index is 2.32. The number of carboxylic acids is 1. The topological polar surface area (TPSA) is 86.7 Å². The van der Waals surface area contributed by atoms with Gasteiger partial charge in [-0.25, -0.2) is 4.79 Å². The van der Waals surface area contributed by atoms with Gasteiger partial charge in [-0.15, -0.1) is 0 Å². The fraction of sp³-hybridized carbons (Fsp3) is 0.818. The van der Waals surface area contributed by atoms with Crippen molar-refractivity contribution >= 4 is 22.8 Å². The van der Waals surface area contributed by atoms with Crippen LogP contribution in [0.1, 0.15) is 19.8 Å². The van der Waals surface area contributed by atoms with Gasteiger partial charge in [0.05, 0.1) is 0 Å². The van der Waals surface area contributed by atoms with Crippen LogP contribution in [-0.2, 0) is 15.6 Å². The number of nitrogens with zero attached hydrogens (tertiary/aromatic N) is 1. The van der Waals surface area contributed by atoms with Crippen LogP contribution >= 0.6 is 0 Å². The minimum absolute atomic E-state index is 0.279. The van der Waals surface area contributed by atoms with E-state index in [0.717, 1.165) is 12.8 Å². The van der Waals surface area contributed by atoms with Gasteiger partial charge in [-0.3, -0.25) is 9.00 Å². The minimum atomic E-state index is -1.01. The van der Waals surface area contributed by atoms with Gasteiger partial charge in [0.1, 0.15) is 6.54 Å². The fourth-order valence-electron chi connectivity index (χ4n) is 1.52. The van der Waals surface area contributed by atoms with E-state index in [1.807, 2.05) is 6.92 Å². The van der Waals surface area contributed by atoms with Crippen molar-refractivity contribution in [3.8, 4) is 0 Å². The van der Waals surface area contributed by atoms with Crippen molar-refractivity contribution in [1.82, 2.24) is 10.2 Å². The number of aliphatic carboxylic acids is 1. The van der Waals surface area contributed by atoms with Crippen LogP contribution in [0.15, 0.2) is 0 Å². The minimum Gasteiger partial charge on any atom is -0.480 e. The number of hydrogen-bond donors (Lipinski definition) is 2. The maximum Gasteiger partial charge on any atom is 0.323 e. The van der Waals surface area contributed by atoms with Gasteiger partial charge < -0.3 is 15.3 Å². The Kier molecular flexibility index (Phi) is 6.11. The summed E-state index contributed by atoms with van der Waals surface area (Å²) in [6.07, 6.45) is 2.12. The molecule has 1 saturated carbocycles. The highest BCUT2D eigenvalue weighted by Crippen LogP contribution is 2.29. The molecule has 7 heteroatoms. The highest BCUT2D eigenvalue weighted by molar-refractivity contribution is 7.84. The molecule has 0 spiro atoms. The predicted octanol–water partition coefficient (Wildman–Crippen LogP) is 0.261. The Morgan fingerprint density at radius 3 is 2.61 bits per heavy atom. The average Bonchev–Trinajstić information content (AvgIpc) is 3.11. The molecule has 0 aromatic heterocycles. The maximum atomic E-state index is 11.8. The van der Waals surface area contributed by atoms with E-state index < -0.39 is 16.8 Å². The van der Waals surface area contributed by atoms with Crippen LogP contribution < -0.4 is 5.32 Å². The van der Waals surface area contributed by atoms with Crippen LogP contribution in [0.4, 0.5) is 4.79 Å². The summed E-state index contributed by atoms with van der Waals surface area (Å²) in [6.45, 7) is 2.36.